The second-order valence-corrected chi connectivity index (χ2v) is 4.33. The summed E-state index contributed by atoms with van der Waals surface area (Å²) in [5.74, 6) is -0.799. The van der Waals surface area contributed by atoms with E-state index in [4.69, 9.17) is 5.11 Å². The van der Waals surface area contributed by atoms with Crippen molar-refractivity contribution >= 4 is 17.7 Å². The Morgan fingerprint density at radius 3 is 2.08 bits per heavy atom. The minimum Gasteiger partial charge on any atom is -0.480 e. The van der Waals surface area contributed by atoms with Crippen LogP contribution in [0.5, 0.6) is 0 Å². The van der Waals surface area contributed by atoms with Gasteiger partial charge in [-0.2, -0.15) is 11.8 Å². The van der Waals surface area contributed by atoms with Crippen molar-refractivity contribution in [3.8, 4) is 0 Å². The summed E-state index contributed by atoms with van der Waals surface area (Å²) in [4.78, 5) is 10.7. The van der Waals surface area contributed by atoms with Gasteiger partial charge in [-0.25, -0.2) is 0 Å². The van der Waals surface area contributed by atoms with E-state index in [1.165, 1.54) is 0 Å². The molecule has 0 amide bonds. The first kappa shape index (κ1) is 14.9. The van der Waals surface area contributed by atoms with E-state index < -0.39 is 12.0 Å². The van der Waals surface area contributed by atoms with E-state index in [9.17, 15) is 4.79 Å². The molecule has 0 spiro atoms. The minimum absolute atomic E-state index is 0. The molecule has 0 heterocycles. The van der Waals surface area contributed by atoms with Crippen molar-refractivity contribution in [2.75, 3.05) is 13.3 Å². The Kier molecular flexibility index (Phi) is 7.33. The van der Waals surface area contributed by atoms with E-state index >= 15 is 0 Å². The first-order chi connectivity index (χ1) is 4.95. The van der Waals surface area contributed by atoms with E-state index in [2.05, 4.69) is 5.32 Å². The Balaban J connectivity index is 0. The van der Waals surface area contributed by atoms with E-state index in [1.54, 1.807) is 18.8 Å². The average molecular weight is 228 g/mol. The molecule has 1 unspecified atom stereocenters. The van der Waals surface area contributed by atoms with Gasteiger partial charge in [0.05, 0.1) is 0 Å². The van der Waals surface area contributed by atoms with E-state index in [0.717, 1.165) is 0 Å². The first-order valence-electron chi connectivity index (χ1n) is 3.41. The van der Waals surface area contributed by atoms with Crippen LogP contribution in [0.4, 0.5) is 0 Å². The molecule has 0 aromatic rings. The fraction of sp³-hybridized carbons (Fsp3) is 0.857. The molecule has 5 heteroatoms. The SMILES string of the molecule is CNC(C(=O)O)C(C)(C)SC.[V]. The van der Waals surface area contributed by atoms with Gasteiger partial charge in [0.15, 0.2) is 0 Å². The predicted molar refractivity (Wildman–Crippen MR) is 48.1 cm³/mol. The Bertz CT molecular complexity index is 152. The first-order valence-corrected chi connectivity index (χ1v) is 4.63. The number of carboxylic acid groups (broad SMARTS) is 1. The Morgan fingerprint density at radius 2 is 2.00 bits per heavy atom. The third-order valence-electron chi connectivity index (χ3n) is 1.76. The second kappa shape index (κ2) is 5.92. The van der Waals surface area contributed by atoms with Crippen LogP contribution >= 0.6 is 11.8 Å². The van der Waals surface area contributed by atoms with Gasteiger partial charge in [-0.05, 0) is 27.2 Å². The van der Waals surface area contributed by atoms with Crippen LogP contribution in [0.15, 0.2) is 0 Å². The van der Waals surface area contributed by atoms with Crippen LogP contribution in [0.1, 0.15) is 13.8 Å². The smallest absolute Gasteiger partial charge is 0.322 e. The van der Waals surface area contributed by atoms with Crippen molar-refractivity contribution < 1.29 is 28.5 Å². The number of rotatable bonds is 4. The third-order valence-corrected chi connectivity index (χ3v) is 3.04. The summed E-state index contributed by atoms with van der Waals surface area (Å²) in [5.41, 5.74) is 0. The molecule has 0 fully saturated rings. The van der Waals surface area contributed by atoms with Gasteiger partial charge < -0.3 is 10.4 Å². The molecule has 0 saturated heterocycles. The van der Waals surface area contributed by atoms with Crippen molar-refractivity contribution in [2.24, 2.45) is 0 Å². The van der Waals surface area contributed by atoms with Crippen LogP contribution in [0.2, 0.25) is 0 Å². The summed E-state index contributed by atoms with van der Waals surface area (Å²) in [5, 5.41) is 11.5. The normalized spacial score (nSPS) is 13.3. The van der Waals surface area contributed by atoms with Crippen LogP contribution in [0.3, 0.4) is 0 Å². The van der Waals surface area contributed by atoms with Crippen LogP contribution in [-0.2, 0) is 23.4 Å². The van der Waals surface area contributed by atoms with Crippen LogP contribution in [-0.4, -0.2) is 35.2 Å². The molecule has 0 saturated carbocycles. The van der Waals surface area contributed by atoms with E-state index in [1.807, 2.05) is 20.1 Å². The fourth-order valence-electron chi connectivity index (χ4n) is 0.886. The molecule has 12 heavy (non-hydrogen) atoms. The van der Waals surface area contributed by atoms with Crippen LogP contribution < -0.4 is 5.32 Å². The molecule has 1 atom stereocenters. The molecule has 3 nitrogen and oxygen atoms in total. The van der Waals surface area contributed by atoms with Gasteiger partial charge in [0.25, 0.3) is 0 Å². The Morgan fingerprint density at radius 1 is 1.58 bits per heavy atom. The maximum Gasteiger partial charge on any atom is 0.322 e. The maximum absolute atomic E-state index is 10.7. The number of likely N-dealkylation sites (N-methyl/N-ethyl adjacent to an activating group) is 1. The van der Waals surface area contributed by atoms with Gasteiger partial charge >= 0.3 is 5.97 Å². The van der Waals surface area contributed by atoms with Gasteiger partial charge in [0.2, 0.25) is 0 Å². The number of nitrogens with one attached hydrogen (secondary N) is 1. The van der Waals surface area contributed by atoms with Crippen molar-refractivity contribution in [1.82, 2.24) is 5.32 Å². The standard InChI is InChI=1S/C7H15NO2S.V/c1-7(2,11-4)5(8-3)6(9)10;/h5,8H,1-4H3,(H,9,10);. The van der Waals surface area contributed by atoms with Gasteiger partial charge in [-0.3, -0.25) is 4.79 Å². The van der Waals surface area contributed by atoms with Crippen molar-refractivity contribution in [2.45, 2.75) is 24.6 Å². The summed E-state index contributed by atoms with van der Waals surface area (Å²) in [6.07, 6.45) is 1.91. The molecule has 0 aromatic heterocycles. The third kappa shape index (κ3) is 3.85. The van der Waals surface area contributed by atoms with Gasteiger partial charge in [-0.1, -0.05) is 0 Å². The number of hydrogen-bond acceptors (Lipinski definition) is 3. The zero-order valence-electron chi connectivity index (χ0n) is 7.79. The summed E-state index contributed by atoms with van der Waals surface area (Å²) in [7, 11) is 1.66. The molecular weight excluding hydrogens is 213 g/mol. The van der Waals surface area contributed by atoms with E-state index in [0.29, 0.717) is 0 Å². The molecule has 2 N–H and O–H groups in total. The van der Waals surface area contributed by atoms with Gasteiger partial charge in [0.1, 0.15) is 6.04 Å². The van der Waals surface area contributed by atoms with Crippen molar-refractivity contribution in [3.05, 3.63) is 0 Å². The molecule has 71 valence electrons. The molecular formula is C7H15NO2SV. The number of carboxylic acids is 1. The zero-order valence-corrected chi connectivity index (χ0v) is 10.0. The molecule has 0 bridgehead atoms. The Hall–Kier alpha value is 0.364. The Labute approximate surface area is 89.6 Å². The summed E-state index contributed by atoms with van der Waals surface area (Å²) >= 11 is 1.54. The summed E-state index contributed by atoms with van der Waals surface area (Å²) < 4.78 is -0.263. The topological polar surface area (TPSA) is 49.3 Å². The molecule has 0 aliphatic rings. The number of aliphatic carboxylic acids is 1. The summed E-state index contributed by atoms with van der Waals surface area (Å²) in [6, 6.07) is -0.488. The number of carbonyl (C=O) groups is 1. The van der Waals surface area contributed by atoms with Crippen LogP contribution in [0.25, 0.3) is 0 Å². The zero-order chi connectivity index (χ0) is 9.07. The van der Waals surface area contributed by atoms with Crippen LogP contribution in [0, 0.1) is 0 Å². The molecule has 0 aliphatic heterocycles. The average Bonchev–Trinajstić information content (AvgIpc) is 1.88. The second-order valence-electron chi connectivity index (χ2n) is 2.87. The molecule has 0 aliphatic carbocycles. The molecule has 0 aromatic carbocycles. The minimum atomic E-state index is -0.799. The quantitative estimate of drug-likeness (QED) is 0.747. The number of thioether (sulfide) groups is 1. The monoisotopic (exact) mass is 228 g/mol. The van der Waals surface area contributed by atoms with Gasteiger partial charge in [0, 0.05) is 23.3 Å². The predicted octanol–water partition coefficient (Wildman–Crippen LogP) is 0.798. The molecule has 0 rings (SSSR count). The number of hydrogen-bond donors (Lipinski definition) is 2. The van der Waals surface area contributed by atoms with Crippen molar-refractivity contribution in [1.29, 1.82) is 0 Å². The van der Waals surface area contributed by atoms with Crippen molar-refractivity contribution in [3.63, 3.8) is 0 Å². The van der Waals surface area contributed by atoms with Gasteiger partial charge in [-0.15, -0.1) is 0 Å². The summed E-state index contributed by atoms with van der Waals surface area (Å²) in [6.45, 7) is 3.82. The maximum atomic E-state index is 10.7. The molecule has 1 radical (unpaired) electrons. The fourth-order valence-corrected chi connectivity index (χ4v) is 1.34. The largest absolute Gasteiger partial charge is 0.480 e. The van der Waals surface area contributed by atoms with E-state index in [-0.39, 0.29) is 23.3 Å².